The number of imide groups is 1. The molecule has 3 aromatic rings. The molecule has 0 spiro atoms. The fourth-order valence-electron chi connectivity index (χ4n) is 3.88. The number of ketones is 1. The van der Waals surface area contributed by atoms with E-state index in [1.807, 2.05) is 30.3 Å². The minimum absolute atomic E-state index is 0.326. The number of benzene rings is 2. The molecule has 1 aliphatic rings. The highest BCUT2D eigenvalue weighted by Gasteiger charge is 2.49. The molecule has 0 aliphatic carbocycles. The molecule has 1 unspecified atom stereocenters. The van der Waals surface area contributed by atoms with Gasteiger partial charge in [-0.2, -0.15) is 0 Å². The number of nitrogens with one attached hydrogen (secondary N) is 1. The van der Waals surface area contributed by atoms with Gasteiger partial charge >= 0.3 is 11.7 Å². The predicted octanol–water partition coefficient (Wildman–Crippen LogP) is 0.469. The highest BCUT2D eigenvalue weighted by atomic mass is 16.2. The van der Waals surface area contributed by atoms with Gasteiger partial charge in [-0.05, 0) is 29.3 Å². The monoisotopic (exact) mass is 435 g/mol. The molecule has 1 fully saturated rings. The van der Waals surface area contributed by atoms with E-state index < -0.39 is 46.6 Å². The summed E-state index contributed by atoms with van der Waals surface area (Å²) in [6.45, 7) is 0.868. The Kier molecular flexibility index (Phi) is 4.73. The van der Waals surface area contributed by atoms with Crippen LogP contribution in [0.5, 0.6) is 0 Å². The van der Waals surface area contributed by atoms with Gasteiger partial charge in [-0.1, -0.05) is 36.4 Å². The van der Waals surface area contributed by atoms with Crippen LogP contribution < -0.4 is 22.3 Å². The van der Waals surface area contributed by atoms with Gasteiger partial charge in [0.25, 0.3) is 11.5 Å². The molecule has 10 heteroatoms. The summed E-state index contributed by atoms with van der Waals surface area (Å²) in [7, 11) is 2.53. The number of carbonyl (C=O) groups is 3. The van der Waals surface area contributed by atoms with Crippen molar-refractivity contribution in [2.24, 2.45) is 14.1 Å². The van der Waals surface area contributed by atoms with Crippen LogP contribution in [0, 0.1) is 0 Å². The topological polar surface area (TPSA) is 136 Å². The molecule has 164 valence electrons. The second-order valence-electron chi connectivity index (χ2n) is 7.90. The van der Waals surface area contributed by atoms with Gasteiger partial charge in [-0.25, -0.2) is 9.59 Å². The number of amides is 3. The van der Waals surface area contributed by atoms with Crippen LogP contribution in [-0.2, 0) is 24.4 Å². The molecule has 1 atom stereocenters. The average Bonchev–Trinajstić information content (AvgIpc) is 3.00. The van der Waals surface area contributed by atoms with Crippen LogP contribution in [0.15, 0.2) is 52.1 Å². The van der Waals surface area contributed by atoms with Crippen LogP contribution in [0.1, 0.15) is 22.8 Å². The summed E-state index contributed by atoms with van der Waals surface area (Å²) < 4.78 is 1.70. The molecule has 3 N–H and O–H groups in total. The van der Waals surface area contributed by atoms with Crippen LogP contribution >= 0.6 is 0 Å². The fraction of sp³-hybridized carbons (Fsp3) is 0.227. The zero-order chi connectivity index (χ0) is 23.4. The molecule has 2 heterocycles. The summed E-state index contributed by atoms with van der Waals surface area (Å²) in [5.41, 5.74) is 2.96. The van der Waals surface area contributed by atoms with Crippen molar-refractivity contribution in [3.05, 3.63) is 74.4 Å². The van der Waals surface area contributed by atoms with E-state index in [1.54, 1.807) is 19.1 Å². The Hall–Kier alpha value is -4.21. The highest BCUT2D eigenvalue weighted by Crippen LogP contribution is 2.31. The van der Waals surface area contributed by atoms with Crippen molar-refractivity contribution >= 4 is 34.3 Å². The Morgan fingerprint density at radius 1 is 1.00 bits per heavy atom. The van der Waals surface area contributed by atoms with E-state index in [0.29, 0.717) is 5.56 Å². The number of hydrogen-bond donors (Lipinski definition) is 2. The lowest BCUT2D eigenvalue weighted by molar-refractivity contribution is -0.130. The SMILES string of the molecule is Cn1c(N)c(C(=O)CN2C(=O)NC(C)(c3ccc4ccccc4c3)C2=O)c(=O)n(C)c1=O. The predicted molar refractivity (Wildman–Crippen MR) is 117 cm³/mol. The fourth-order valence-corrected chi connectivity index (χ4v) is 3.88. The number of fused-ring (bicyclic) bond motifs is 1. The molecular formula is C22H21N5O5. The first-order valence-electron chi connectivity index (χ1n) is 9.78. The molecule has 32 heavy (non-hydrogen) atoms. The van der Waals surface area contributed by atoms with Gasteiger partial charge in [0.1, 0.15) is 16.9 Å². The molecule has 0 radical (unpaired) electrons. The highest BCUT2D eigenvalue weighted by molar-refractivity contribution is 6.12. The third kappa shape index (κ3) is 2.99. The number of urea groups is 1. The van der Waals surface area contributed by atoms with Crippen LogP contribution in [0.3, 0.4) is 0 Å². The Labute approximate surface area is 181 Å². The molecule has 1 aliphatic heterocycles. The summed E-state index contributed by atoms with van der Waals surface area (Å²) in [5, 5.41) is 4.51. The molecule has 1 aromatic heterocycles. The maximum absolute atomic E-state index is 13.2. The van der Waals surface area contributed by atoms with Gasteiger partial charge in [0.2, 0.25) is 0 Å². The van der Waals surface area contributed by atoms with E-state index in [0.717, 1.165) is 24.8 Å². The van der Waals surface area contributed by atoms with Gasteiger partial charge < -0.3 is 11.1 Å². The first-order chi connectivity index (χ1) is 15.1. The summed E-state index contributed by atoms with van der Waals surface area (Å²) in [6, 6.07) is 12.2. The Morgan fingerprint density at radius 2 is 1.66 bits per heavy atom. The quantitative estimate of drug-likeness (QED) is 0.452. The van der Waals surface area contributed by atoms with Crippen LogP contribution in [-0.4, -0.2) is 38.3 Å². The Morgan fingerprint density at radius 3 is 2.34 bits per heavy atom. The number of aromatic nitrogens is 2. The molecule has 1 saturated heterocycles. The lowest BCUT2D eigenvalue weighted by Gasteiger charge is -2.22. The Bertz CT molecular complexity index is 1440. The Balaban J connectivity index is 1.69. The number of nitrogens with two attached hydrogens (primary N) is 1. The number of carbonyl (C=O) groups excluding carboxylic acids is 3. The van der Waals surface area contributed by atoms with E-state index in [4.69, 9.17) is 5.73 Å². The molecule has 3 amide bonds. The summed E-state index contributed by atoms with van der Waals surface area (Å²) in [5.74, 6) is -1.80. The van der Waals surface area contributed by atoms with Crippen LogP contribution in [0.25, 0.3) is 10.8 Å². The van der Waals surface area contributed by atoms with E-state index in [9.17, 15) is 24.0 Å². The van der Waals surface area contributed by atoms with Crippen molar-refractivity contribution in [2.45, 2.75) is 12.5 Å². The van der Waals surface area contributed by atoms with Crippen molar-refractivity contribution in [1.82, 2.24) is 19.4 Å². The normalized spacial score (nSPS) is 18.3. The standard InChI is InChI=1S/C22H21N5O5/c1-22(14-9-8-12-6-4-5-7-13(12)10-14)19(30)27(20(31)24-22)11-15(28)16-17(23)25(2)21(32)26(3)18(16)29/h4-10H,11,23H2,1-3H3,(H,24,31). The lowest BCUT2D eigenvalue weighted by atomic mass is 9.90. The van der Waals surface area contributed by atoms with Crippen molar-refractivity contribution in [3.8, 4) is 0 Å². The van der Waals surface area contributed by atoms with E-state index >= 15 is 0 Å². The number of Topliss-reactive ketones (excluding diaryl/α,β-unsaturated/α-hetero) is 1. The molecule has 10 nitrogen and oxygen atoms in total. The second-order valence-corrected chi connectivity index (χ2v) is 7.90. The molecule has 2 aromatic carbocycles. The maximum atomic E-state index is 13.2. The summed E-state index contributed by atoms with van der Waals surface area (Å²) >= 11 is 0. The van der Waals surface area contributed by atoms with Gasteiger partial charge in [-0.3, -0.25) is 28.4 Å². The van der Waals surface area contributed by atoms with E-state index in [-0.39, 0.29) is 5.82 Å². The smallest absolute Gasteiger partial charge is 0.332 e. The van der Waals surface area contributed by atoms with Crippen molar-refractivity contribution < 1.29 is 14.4 Å². The molecule has 0 bridgehead atoms. The molecular weight excluding hydrogens is 414 g/mol. The van der Waals surface area contributed by atoms with Crippen molar-refractivity contribution in [3.63, 3.8) is 0 Å². The van der Waals surface area contributed by atoms with Crippen LogP contribution in [0.2, 0.25) is 0 Å². The maximum Gasteiger partial charge on any atom is 0.332 e. The number of hydrogen-bond acceptors (Lipinski definition) is 6. The lowest BCUT2D eigenvalue weighted by Crippen LogP contribution is -2.44. The van der Waals surface area contributed by atoms with Gasteiger partial charge in [0.15, 0.2) is 5.78 Å². The van der Waals surface area contributed by atoms with E-state index in [1.165, 1.54) is 14.1 Å². The number of rotatable bonds is 4. The van der Waals surface area contributed by atoms with Crippen LogP contribution in [0.4, 0.5) is 10.6 Å². The summed E-state index contributed by atoms with van der Waals surface area (Å²) in [4.78, 5) is 63.9. The summed E-state index contributed by atoms with van der Waals surface area (Å²) in [6.07, 6.45) is 0. The van der Waals surface area contributed by atoms with Gasteiger partial charge in [0, 0.05) is 14.1 Å². The van der Waals surface area contributed by atoms with Gasteiger partial charge in [-0.15, -0.1) is 0 Å². The number of anilines is 1. The molecule has 0 saturated carbocycles. The largest absolute Gasteiger partial charge is 0.384 e. The zero-order valence-electron chi connectivity index (χ0n) is 17.7. The number of nitrogen functional groups attached to an aromatic ring is 1. The first-order valence-corrected chi connectivity index (χ1v) is 9.78. The third-order valence-corrected chi connectivity index (χ3v) is 5.89. The minimum Gasteiger partial charge on any atom is -0.384 e. The average molecular weight is 435 g/mol. The van der Waals surface area contributed by atoms with Crippen molar-refractivity contribution in [1.29, 1.82) is 0 Å². The second kappa shape index (κ2) is 7.19. The molecule has 4 rings (SSSR count). The van der Waals surface area contributed by atoms with Crippen molar-refractivity contribution in [2.75, 3.05) is 12.3 Å². The number of nitrogens with zero attached hydrogens (tertiary/aromatic N) is 3. The minimum atomic E-state index is -1.39. The zero-order valence-corrected chi connectivity index (χ0v) is 17.7. The third-order valence-electron chi connectivity index (χ3n) is 5.89. The van der Waals surface area contributed by atoms with E-state index in [2.05, 4.69) is 5.32 Å². The van der Waals surface area contributed by atoms with Gasteiger partial charge in [0.05, 0.1) is 6.54 Å². The first kappa shape index (κ1) is 21.0.